The first-order valence-corrected chi connectivity index (χ1v) is 10.8. The lowest BCUT2D eigenvalue weighted by molar-refractivity contribution is -0.123. The number of fused-ring (bicyclic) bond motifs is 1. The Morgan fingerprint density at radius 2 is 1.82 bits per heavy atom. The van der Waals surface area contributed by atoms with E-state index in [0.717, 1.165) is 22.3 Å². The minimum atomic E-state index is -0.341. The monoisotopic (exact) mass is 455 g/mol. The van der Waals surface area contributed by atoms with E-state index in [0.29, 0.717) is 23.7 Å². The zero-order chi connectivity index (χ0) is 23.9. The number of benzene rings is 2. The highest BCUT2D eigenvalue weighted by atomic mass is 16.5. The zero-order valence-corrected chi connectivity index (χ0v) is 19.0. The molecule has 0 aliphatic carbocycles. The quantitative estimate of drug-likeness (QED) is 0.314. The third-order valence-corrected chi connectivity index (χ3v) is 5.13. The van der Waals surface area contributed by atoms with Crippen LogP contribution in [0.5, 0.6) is 5.75 Å². The number of hydrogen-bond acceptors (Lipinski definition) is 5. The third kappa shape index (κ3) is 5.66. The molecule has 0 saturated carbocycles. The standard InChI is InChI=1S/C26H25N5O3/c1-18-12-13-31-23(14-18)29-19(2)25(31)26(33)30-28-16-21-8-10-22(11-9-21)34-17-24(32)27-15-20-6-4-3-5-7-20/h3-14,16H,15,17H2,1-2H3,(H,27,32)(H,30,33)/b28-16-. The first kappa shape index (κ1) is 22.7. The van der Waals surface area contributed by atoms with E-state index in [1.807, 2.05) is 55.6 Å². The van der Waals surface area contributed by atoms with Crippen molar-refractivity contribution in [1.82, 2.24) is 20.1 Å². The van der Waals surface area contributed by atoms with Gasteiger partial charge in [-0.1, -0.05) is 30.3 Å². The van der Waals surface area contributed by atoms with Crippen molar-refractivity contribution in [3.8, 4) is 5.75 Å². The van der Waals surface area contributed by atoms with E-state index in [4.69, 9.17) is 4.74 Å². The number of ether oxygens (including phenoxy) is 1. The van der Waals surface area contributed by atoms with Gasteiger partial charge in [-0.05, 0) is 66.9 Å². The molecule has 0 fully saturated rings. The van der Waals surface area contributed by atoms with E-state index < -0.39 is 0 Å². The number of pyridine rings is 1. The number of hydrogen-bond donors (Lipinski definition) is 2. The Bertz CT molecular complexity index is 1330. The van der Waals surface area contributed by atoms with Crippen LogP contribution in [-0.4, -0.2) is 34.0 Å². The van der Waals surface area contributed by atoms with E-state index >= 15 is 0 Å². The number of hydrazone groups is 1. The number of imidazole rings is 1. The van der Waals surface area contributed by atoms with Crippen LogP contribution in [0.4, 0.5) is 0 Å². The predicted molar refractivity (Wildman–Crippen MR) is 130 cm³/mol. The van der Waals surface area contributed by atoms with Crippen LogP contribution in [0, 0.1) is 13.8 Å². The average molecular weight is 456 g/mol. The lowest BCUT2D eigenvalue weighted by Crippen LogP contribution is -2.28. The molecule has 0 radical (unpaired) electrons. The predicted octanol–water partition coefficient (Wildman–Crippen LogP) is 3.41. The van der Waals surface area contributed by atoms with E-state index in [1.165, 1.54) is 6.21 Å². The Kier molecular flexibility index (Phi) is 6.98. The van der Waals surface area contributed by atoms with Gasteiger partial charge in [-0.3, -0.25) is 14.0 Å². The largest absolute Gasteiger partial charge is 0.484 e. The Morgan fingerprint density at radius 1 is 1.06 bits per heavy atom. The molecule has 172 valence electrons. The summed E-state index contributed by atoms with van der Waals surface area (Å²) in [6, 6.07) is 20.6. The van der Waals surface area contributed by atoms with Gasteiger partial charge in [0, 0.05) is 12.7 Å². The van der Waals surface area contributed by atoms with Gasteiger partial charge in [-0.25, -0.2) is 10.4 Å². The van der Waals surface area contributed by atoms with Crippen LogP contribution >= 0.6 is 0 Å². The van der Waals surface area contributed by atoms with Crippen molar-refractivity contribution in [3.05, 3.63) is 101 Å². The lowest BCUT2D eigenvalue weighted by atomic mass is 10.2. The Morgan fingerprint density at radius 3 is 2.59 bits per heavy atom. The van der Waals surface area contributed by atoms with Gasteiger partial charge in [0.1, 0.15) is 17.1 Å². The molecule has 0 aliphatic rings. The lowest BCUT2D eigenvalue weighted by Gasteiger charge is -2.08. The Balaban J connectivity index is 1.27. The molecule has 2 aromatic heterocycles. The summed E-state index contributed by atoms with van der Waals surface area (Å²) in [5.41, 5.74) is 7.21. The number of carbonyl (C=O) groups is 2. The second kappa shape index (κ2) is 10.4. The van der Waals surface area contributed by atoms with Gasteiger partial charge in [0.05, 0.1) is 11.9 Å². The van der Waals surface area contributed by atoms with Crippen molar-refractivity contribution in [3.63, 3.8) is 0 Å². The summed E-state index contributed by atoms with van der Waals surface area (Å²) in [4.78, 5) is 29.0. The van der Waals surface area contributed by atoms with Crippen molar-refractivity contribution in [1.29, 1.82) is 0 Å². The van der Waals surface area contributed by atoms with Crippen molar-refractivity contribution in [2.24, 2.45) is 5.10 Å². The molecule has 4 aromatic rings. The fraction of sp³-hybridized carbons (Fsp3) is 0.154. The maximum Gasteiger partial charge on any atom is 0.290 e. The summed E-state index contributed by atoms with van der Waals surface area (Å²) in [5.74, 6) is 0.0225. The van der Waals surface area contributed by atoms with E-state index in [2.05, 4.69) is 20.8 Å². The van der Waals surface area contributed by atoms with Crippen molar-refractivity contribution >= 4 is 23.7 Å². The van der Waals surface area contributed by atoms with Gasteiger partial charge in [-0.2, -0.15) is 5.10 Å². The highest BCUT2D eigenvalue weighted by Gasteiger charge is 2.16. The molecule has 8 nitrogen and oxygen atoms in total. The Labute approximate surface area is 197 Å². The summed E-state index contributed by atoms with van der Waals surface area (Å²) >= 11 is 0. The van der Waals surface area contributed by atoms with Gasteiger partial charge >= 0.3 is 0 Å². The third-order valence-electron chi connectivity index (χ3n) is 5.13. The van der Waals surface area contributed by atoms with Crippen LogP contribution in [0.3, 0.4) is 0 Å². The molecule has 34 heavy (non-hydrogen) atoms. The fourth-order valence-corrected chi connectivity index (χ4v) is 3.40. The second-order valence-corrected chi connectivity index (χ2v) is 7.80. The molecule has 2 amide bonds. The van der Waals surface area contributed by atoms with Crippen LogP contribution in [-0.2, 0) is 11.3 Å². The maximum atomic E-state index is 12.6. The summed E-state index contributed by atoms with van der Waals surface area (Å²) in [6.45, 7) is 4.15. The van der Waals surface area contributed by atoms with Crippen molar-refractivity contribution in [2.75, 3.05) is 6.61 Å². The van der Waals surface area contributed by atoms with Crippen LogP contribution in [0.1, 0.15) is 32.9 Å². The molecule has 0 unspecified atom stereocenters. The smallest absolute Gasteiger partial charge is 0.290 e. The van der Waals surface area contributed by atoms with E-state index in [1.54, 1.807) is 35.6 Å². The number of aromatic nitrogens is 2. The molecule has 2 heterocycles. The molecule has 2 N–H and O–H groups in total. The minimum absolute atomic E-state index is 0.0749. The van der Waals surface area contributed by atoms with Gasteiger partial charge in [0.15, 0.2) is 6.61 Å². The van der Waals surface area contributed by atoms with E-state index in [9.17, 15) is 9.59 Å². The second-order valence-electron chi connectivity index (χ2n) is 7.80. The number of aryl methyl sites for hydroxylation is 2. The van der Waals surface area contributed by atoms with Crippen LogP contribution in [0.25, 0.3) is 5.65 Å². The number of nitrogens with one attached hydrogen (secondary N) is 2. The first-order chi connectivity index (χ1) is 16.5. The maximum absolute atomic E-state index is 12.6. The first-order valence-electron chi connectivity index (χ1n) is 10.8. The molecular formula is C26H25N5O3. The molecule has 2 aromatic carbocycles. The van der Waals surface area contributed by atoms with Crippen LogP contribution in [0.2, 0.25) is 0 Å². The van der Waals surface area contributed by atoms with Crippen molar-refractivity contribution in [2.45, 2.75) is 20.4 Å². The summed E-state index contributed by atoms with van der Waals surface area (Å²) < 4.78 is 7.27. The van der Waals surface area contributed by atoms with Gasteiger partial charge in [0.2, 0.25) is 0 Å². The normalized spacial score (nSPS) is 11.0. The van der Waals surface area contributed by atoms with Crippen LogP contribution in [0.15, 0.2) is 78.0 Å². The minimum Gasteiger partial charge on any atom is -0.484 e. The molecule has 4 rings (SSSR count). The Hall–Kier alpha value is -4.46. The van der Waals surface area contributed by atoms with Gasteiger partial charge in [-0.15, -0.1) is 0 Å². The molecule has 0 spiro atoms. The molecule has 0 bridgehead atoms. The highest BCUT2D eigenvalue weighted by Crippen LogP contribution is 2.14. The van der Waals surface area contributed by atoms with Gasteiger partial charge < -0.3 is 10.1 Å². The van der Waals surface area contributed by atoms with Crippen LogP contribution < -0.4 is 15.5 Å². The average Bonchev–Trinajstić information content (AvgIpc) is 3.17. The topological polar surface area (TPSA) is 97.1 Å². The molecule has 0 atom stereocenters. The molecule has 0 aliphatic heterocycles. The fourth-order valence-electron chi connectivity index (χ4n) is 3.40. The SMILES string of the molecule is Cc1ccn2c(C(=O)N/N=C\c3ccc(OCC(=O)NCc4ccccc4)cc3)c(C)nc2c1. The number of carbonyl (C=O) groups excluding carboxylic acids is 2. The number of rotatable bonds is 8. The summed E-state index contributed by atoms with van der Waals surface area (Å²) in [5, 5.41) is 6.87. The number of amides is 2. The highest BCUT2D eigenvalue weighted by molar-refractivity contribution is 5.95. The van der Waals surface area contributed by atoms with Crippen molar-refractivity contribution < 1.29 is 14.3 Å². The summed E-state index contributed by atoms with van der Waals surface area (Å²) in [7, 11) is 0. The molecule has 8 heteroatoms. The van der Waals surface area contributed by atoms with Gasteiger partial charge in [0.25, 0.3) is 11.8 Å². The molecular weight excluding hydrogens is 430 g/mol. The zero-order valence-electron chi connectivity index (χ0n) is 19.0. The summed E-state index contributed by atoms with van der Waals surface area (Å²) in [6.07, 6.45) is 3.36. The molecule has 0 saturated heterocycles. The number of nitrogens with zero attached hydrogens (tertiary/aromatic N) is 3. The van der Waals surface area contributed by atoms with E-state index in [-0.39, 0.29) is 18.4 Å².